The summed E-state index contributed by atoms with van der Waals surface area (Å²) in [6.07, 6.45) is 6.87. The zero-order chi connectivity index (χ0) is 13.1. The second kappa shape index (κ2) is 4.86. The van der Waals surface area contributed by atoms with Gasteiger partial charge >= 0.3 is 0 Å². The Kier molecular flexibility index (Phi) is 2.90. The quantitative estimate of drug-likeness (QED) is 0.759. The molecule has 0 bridgehead atoms. The molecule has 0 radical (unpaired) electrons. The summed E-state index contributed by atoms with van der Waals surface area (Å²) in [5.41, 5.74) is 3.25. The van der Waals surface area contributed by atoms with Crippen LogP contribution in [0.1, 0.15) is 0 Å². The molecule has 4 nitrogen and oxygen atoms in total. The number of nitrogens with zero attached hydrogens (tertiary/aromatic N) is 2. The molecule has 0 amide bonds. The molecular weight excluding hydrogens is 238 g/mol. The van der Waals surface area contributed by atoms with Gasteiger partial charge < -0.3 is 4.98 Å². The zero-order valence-electron chi connectivity index (χ0n) is 10.1. The molecule has 4 heteroatoms. The highest BCUT2D eigenvalue weighted by Crippen LogP contribution is 2.21. The highest BCUT2D eigenvalue weighted by molar-refractivity contribution is 5.69. The van der Waals surface area contributed by atoms with E-state index < -0.39 is 0 Å². The summed E-state index contributed by atoms with van der Waals surface area (Å²) < 4.78 is 0. The van der Waals surface area contributed by atoms with Gasteiger partial charge in [0.1, 0.15) is 0 Å². The Morgan fingerprint density at radius 1 is 0.842 bits per heavy atom. The van der Waals surface area contributed by atoms with Crippen molar-refractivity contribution in [1.29, 1.82) is 0 Å². The highest BCUT2D eigenvalue weighted by Gasteiger charge is 2.04. The molecule has 0 spiro atoms. The molecule has 0 aliphatic heterocycles. The first-order valence-corrected chi connectivity index (χ1v) is 5.88. The molecule has 0 atom stereocenters. The Hall–Kier alpha value is -2.75. The largest absolute Gasteiger partial charge is 0.322 e. The van der Waals surface area contributed by atoms with Crippen LogP contribution in [0.3, 0.4) is 0 Å². The number of H-pyrrole nitrogens is 1. The van der Waals surface area contributed by atoms with Gasteiger partial charge in [-0.3, -0.25) is 14.8 Å². The topological polar surface area (TPSA) is 58.6 Å². The second-order valence-electron chi connectivity index (χ2n) is 4.13. The Morgan fingerprint density at radius 2 is 1.53 bits per heavy atom. The SMILES string of the molecule is O=c1cc(-c2cccnc2)cc(-c2cccnc2)[nH]1. The molecule has 92 valence electrons. The Balaban J connectivity index is 2.15. The monoisotopic (exact) mass is 249 g/mol. The van der Waals surface area contributed by atoms with E-state index in [0.717, 1.165) is 22.4 Å². The van der Waals surface area contributed by atoms with Crippen LogP contribution < -0.4 is 5.56 Å². The second-order valence-corrected chi connectivity index (χ2v) is 4.13. The Bertz CT molecular complexity index is 675. The lowest BCUT2D eigenvalue weighted by molar-refractivity contribution is 1.22. The molecular formula is C15H11N3O. The molecule has 0 fully saturated rings. The number of hydrogen-bond donors (Lipinski definition) is 1. The van der Waals surface area contributed by atoms with E-state index in [2.05, 4.69) is 15.0 Å². The Morgan fingerprint density at radius 3 is 2.16 bits per heavy atom. The molecule has 19 heavy (non-hydrogen) atoms. The van der Waals surface area contributed by atoms with Gasteiger partial charge in [0.05, 0.1) is 5.69 Å². The van der Waals surface area contributed by atoms with E-state index in [1.54, 1.807) is 30.9 Å². The van der Waals surface area contributed by atoms with Crippen LogP contribution in [0, 0.1) is 0 Å². The first kappa shape index (κ1) is 11.3. The summed E-state index contributed by atoms with van der Waals surface area (Å²) in [6, 6.07) is 11.0. The van der Waals surface area contributed by atoms with Crippen molar-refractivity contribution in [3.63, 3.8) is 0 Å². The number of nitrogens with one attached hydrogen (secondary N) is 1. The molecule has 0 aliphatic carbocycles. The molecule has 1 N–H and O–H groups in total. The number of aromatic nitrogens is 3. The third kappa shape index (κ3) is 2.42. The predicted molar refractivity (Wildman–Crippen MR) is 73.5 cm³/mol. The lowest BCUT2D eigenvalue weighted by Crippen LogP contribution is -2.05. The van der Waals surface area contributed by atoms with Crippen LogP contribution in [-0.2, 0) is 0 Å². The van der Waals surface area contributed by atoms with Gasteiger partial charge in [-0.15, -0.1) is 0 Å². The van der Waals surface area contributed by atoms with Gasteiger partial charge in [0, 0.05) is 42.0 Å². The molecule has 3 aromatic heterocycles. The minimum atomic E-state index is -0.139. The van der Waals surface area contributed by atoms with Crippen molar-refractivity contribution in [2.45, 2.75) is 0 Å². The molecule has 3 heterocycles. The number of aromatic amines is 1. The van der Waals surface area contributed by atoms with Crippen molar-refractivity contribution in [3.05, 3.63) is 71.5 Å². The van der Waals surface area contributed by atoms with E-state index in [0.29, 0.717) is 0 Å². The minimum absolute atomic E-state index is 0.139. The van der Waals surface area contributed by atoms with Crippen molar-refractivity contribution >= 4 is 0 Å². The van der Waals surface area contributed by atoms with Crippen LogP contribution in [0.15, 0.2) is 66.0 Å². The zero-order valence-corrected chi connectivity index (χ0v) is 10.1. The van der Waals surface area contributed by atoms with Gasteiger partial charge in [0.2, 0.25) is 5.56 Å². The van der Waals surface area contributed by atoms with Crippen molar-refractivity contribution in [3.8, 4) is 22.4 Å². The maximum Gasteiger partial charge on any atom is 0.249 e. The first-order chi connectivity index (χ1) is 9.33. The maximum atomic E-state index is 11.8. The minimum Gasteiger partial charge on any atom is -0.322 e. The van der Waals surface area contributed by atoms with Crippen molar-refractivity contribution < 1.29 is 0 Å². The fourth-order valence-electron chi connectivity index (χ4n) is 1.92. The van der Waals surface area contributed by atoms with Crippen molar-refractivity contribution in [2.24, 2.45) is 0 Å². The molecule has 3 aromatic rings. The van der Waals surface area contributed by atoms with Gasteiger partial charge in [0.25, 0.3) is 0 Å². The summed E-state index contributed by atoms with van der Waals surface area (Å²) >= 11 is 0. The molecule has 0 saturated heterocycles. The van der Waals surface area contributed by atoms with E-state index in [9.17, 15) is 4.79 Å². The van der Waals surface area contributed by atoms with Crippen molar-refractivity contribution in [2.75, 3.05) is 0 Å². The van der Waals surface area contributed by atoms with Gasteiger partial charge in [-0.25, -0.2) is 0 Å². The van der Waals surface area contributed by atoms with Crippen LogP contribution in [0.5, 0.6) is 0 Å². The number of pyridine rings is 3. The van der Waals surface area contributed by atoms with E-state index in [4.69, 9.17) is 0 Å². The Labute approximate surface area is 109 Å². The van der Waals surface area contributed by atoms with Gasteiger partial charge in [0.15, 0.2) is 0 Å². The van der Waals surface area contributed by atoms with E-state index >= 15 is 0 Å². The third-order valence-electron chi connectivity index (χ3n) is 2.81. The lowest BCUT2D eigenvalue weighted by atomic mass is 10.1. The molecule has 0 aliphatic rings. The van der Waals surface area contributed by atoms with Gasteiger partial charge in [-0.1, -0.05) is 6.07 Å². The highest BCUT2D eigenvalue weighted by atomic mass is 16.1. The van der Waals surface area contributed by atoms with Crippen LogP contribution >= 0.6 is 0 Å². The van der Waals surface area contributed by atoms with Crippen LogP contribution in [-0.4, -0.2) is 15.0 Å². The van der Waals surface area contributed by atoms with Gasteiger partial charge in [-0.2, -0.15) is 0 Å². The normalized spacial score (nSPS) is 10.3. The van der Waals surface area contributed by atoms with E-state index in [1.807, 2.05) is 30.3 Å². The maximum absolute atomic E-state index is 11.8. The van der Waals surface area contributed by atoms with Crippen molar-refractivity contribution in [1.82, 2.24) is 15.0 Å². The summed E-state index contributed by atoms with van der Waals surface area (Å²) in [5, 5.41) is 0. The number of rotatable bonds is 2. The molecule has 0 unspecified atom stereocenters. The average molecular weight is 249 g/mol. The van der Waals surface area contributed by atoms with Crippen LogP contribution in [0.25, 0.3) is 22.4 Å². The first-order valence-electron chi connectivity index (χ1n) is 5.88. The van der Waals surface area contributed by atoms with Gasteiger partial charge in [-0.05, 0) is 29.8 Å². The standard InChI is InChI=1S/C15H11N3O/c19-15-8-13(11-3-1-5-16-9-11)7-14(18-15)12-4-2-6-17-10-12/h1-10H,(H,18,19). The average Bonchev–Trinajstić information content (AvgIpc) is 2.48. The summed E-state index contributed by atoms with van der Waals surface area (Å²) in [7, 11) is 0. The van der Waals surface area contributed by atoms with E-state index in [-0.39, 0.29) is 5.56 Å². The lowest BCUT2D eigenvalue weighted by Gasteiger charge is -2.05. The number of hydrogen-bond acceptors (Lipinski definition) is 3. The van der Waals surface area contributed by atoms with Crippen LogP contribution in [0.4, 0.5) is 0 Å². The molecule has 3 rings (SSSR count). The predicted octanol–water partition coefficient (Wildman–Crippen LogP) is 2.50. The van der Waals surface area contributed by atoms with E-state index in [1.165, 1.54) is 0 Å². The summed E-state index contributed by atoms with van der Waals surface area (Å²) in [5.74, 6) is 0. The third-order valence-corrected chi connectivity index (χ3v) is 2.81. The fraction of sp³-hybridized carbons (Fsp3) is 0. The smallest absolute Gasteiger partial charge is 0.249 e. The fourth-order valence-corrected chi connectivity index (χ4v) is 1.92. The summed E-state index contributed by atoms with van der Waals surface area (Å²) in [4.78, 5) is 22.7. The molecule has 0 saturated carbocycles. The summed E-state index contributed by atoms with van der Waals surface area (Å²) in [6.45, 7) is 0. The van der Waals surface area contributed by atoms with Crippen LogP contribution in [0.2, 0.25) is 0 Å². The molecule has 0 aromatic carbocycles.